The van der Waals surface area contributed by atoms with Gasteiger partial charge in [-0.25, -0.2) is 0 Å². The second-order valence-electron chi connectivity index (χ2n) is 5.68. The average Bonchev–Trinajstić information content (AvgIpc) is 2.90. The third-order valence-corrected chi connectivity index (χ3v) is 3.67. The Balaban J connectivity index is 2.14. The number of alkyl halides is 3. The molecule has 0 saturated carbocycles. The molecule has 1 aromatic heterocycles. The first-order valence-electron chi connectivity index (χ1n) is 7.59. The highest BCUT2D eigenvalue weighted by atomic mass is 19.4. The monoisotopic (exact) mass is 367 g/mol. The summed E-state index contributed by atoms with van der Waals surface area (Å²) in [7, 11) is 0. The Morgan fingerprint density at radius 3 is 2.65 bits per heavy atom. The number of aryl methyl sites for hydroxylation is 2. The summed E-state index contributed by atoms with van der Waals surface area (Å²) in [5, 5.41) is 15.5. The summed E-state index contributed by atoms with van der Waals surface area (Å²) < 4.78 is 46.4. The fraction of sp³-hybridized carbons (Fsp3) is 0.353. The Labute approximate surface area is 147 Å². The molecule has 9 heteroatoms. The molecule has 6 nitrogen and oxygen atoms in total. The minimum Gasteiger partial charge on any atom is -0.483 e. The summed E-state index contributed by atoms with van der Waals surface area (Å²) in [6.07, 6.45) is -4.51. The third kappa shape index (κ3) is 4.53. The van der Waals surface area contributed by atoms with E-state index in [0.717, 1.165) is 0 Å². The van der Waals surface area contributed by atoms with Gasteiger partial charge in [-0.15, -0.1) is 0 Å². The van der Waals surface area contributed by atoms with E-state index in [2.05, 4.69) is 15.2 Å². The van der Waals surface area contributed by atoms with Crippen LogP contribution in [0.15, 0.2) is 22.7 Å². The standard InChI is InChI=1S/C17H16F3N3O3/c1-9(15-10(2)23-26-11(15)3)16(24)22-13-4-5-14(12(6-13)7-21)25-8-17(18,19)20/h4-6,9H,8H2,1-3H3,(H,22,24). The van der Waals surface area contributed by atoms with Crippen LogP contribution in [-0.2, 0) is 4.79 Å². The number of amides is 1. The summed E-state index contributed by atoms with van der Waals surface area (Å²) in [6.45, 7) is 3.58. The molecular formula is C17H16F3N3O3. The Bertz CT molecular complexity index is 834. The zero-order valence-corrected chi connectivity index (χ0v) is 14.3. The van der Waals surface area contributed by atoms with Gasteiger partial charge in [0.2, 0.25) is 5.91 Å². The SMILES string of the molecule is Cc1noc(C)c1C(C)C(=O)Nc1ccc(OCC(F)(F)F)c(C#N)c1. The van der Waals surface area contributed by atoms with Crippen LogP contribution in [0.4, 0.5) is 18.9 Å². The third-order valence-electron chi connectivity index (χ3n) is 3.67. The average molecular weight is 367 g/mol. The lowest BCUT2D eigenvalue weighted by Gasteiger charge is -2.14. The van der Waals surface area contributed by atoms with Crippen molar-refractivity contribution in [1.29, 1.82) is 5.26 Å². The molecule has 0 bridgehead atoms. The van der Waals surface area contributed by atoms with Crippen LogP contribution >= 0.6 is 0 Å². The Morgan fingerprint density at radius 1 is 1.42 bits per heavy atom. The number of ether oxygens (including phenoxy) is 1. The summed E-state index contributed by atoms with van der Waals surface area (Å²) in [4.78, 5) is 12.4. The number of rotatable bonds is 5. The van der Waals surface area contributed by atoms with Crippen LogP contribution in [0.3, 0.4) is 0 Å². The highest BCUT2D eigenvalue weighted by Gasteiger charge is 2.29. The van der Waals surface area contributed by atoms with Crippen molar-refractivity contribution in [3.8, 4) is 11.8 Å². The second-order valence-corrected chi connectivity index (χ2v) is 5.68. The molecule has 1 unspecified atom stereocenters. The maximum atomic E-state index is 12.4. The van der Waals surface area contributed by atoms with Crippen LogP contribution < -0.4 is 10.1 Å². The molecule has 0 fully saturated rings. The van der Waals surface area contributed by atoms with Crippen molar-refractivity contribution in [2.24, 2.45) is 0 Å². The highest BCUT2D eigenvalue weighted by Crippen LogP contribution is 2.27. The lowest BCUT2D eigenvalue weighted by atomic mass is 9.98. The minimum absolute atomic E-state index is 0.114. The van der Waals surface area contributed by atoms with Crippen LogP contribution in [0.1, 0.15) is 35.4 Å². The van der Waals surface area contributed by atoms with Crippen molar-refractivity contribution >= 4 is 11.6 Å². The maximum absolute atomic E-state index is 12.4. The van der Waals surface area contributed by atoms with Crippen molar-refractivity contribution in [3.63, 3.8) is 0 Å². The Kier molecular flexibility index (Phi) is 5.55. The van der Waals surface area contributed by atoms with Gasteiger partial charge in [-0.3, -0.25) is 4.79 Å². The van der Waals surface area contributed by atoms with Gasteiger partial charge < -0.3 is 14.6 Å². The smallest absolute Gasteiger partial charge is 0.422 e. The number of benzene rings is 1. The molecule has 0 aliphatic carbocycles. The van der Waals surface area contributed by atoms with Gasteiger partial charge in [-0.1, -0.05) is 5.16 Å². The molecule has 2 rings (SSSR count). The van der Waals surface area contributed by atoms with Crippen LogP contribution in [0.25, 0.3) is 0 Å². The first-order valence-corrected chi connectivity index (χ1v) is 7.59. The number of nitrogens with zero attached hydrogens (tertiary/aromatic N) is 2. The number of hydrogen-bond donors (Lipinski definition) is 1. The predicted molar refractivity (Wildman–Crippen MR) is 85.7 cm³/mol. The number of nitrogens with one attached hydrogen (secondary N) is 1. The van der Waals surface area contributed by atoms with Crippen LogP contribution in [0.5, 0.6) is 5.75 Å². The molecule has 0 aliphatic heterocycles. The molecule has 1 aromatic carbocycles. The fourth-order valence-corrected chi connectivity index (χ4v) is 2.47. The quantitative estimate of drug-likeness (QED) is 0.867. The molecule has 0 aliphatic rings. The van der Waals surface area contributed by atoms with E-state index in [-0.39, 0.29) is 22.9 Å². The van der Waals surface area contributed by atoms with E-state index in [1.807, 2.05) is 0 Å². The van der Waals surface area contributed by atoms with E-state index < -0.39 is 18.7 Å². The van der Waals surface area contributed by atoms with Crippen LogP contribution in [-0.4, -0.2) is 23.8 Å². The van der Waals surface area contributed by atoms with E-state index in [0.29, 0.717) is 17.0 Å². The van der Waals surface area contributed by atoms with Crippen molar-refractivity contribution < 1.29 is 27.2 Å². The van der Waals surface area contributed by atoms with Crippen molar-refractivity contribution in [2.75, 3.05) is 11.9 Å². The van der Waals surface area contributed by atoms with E-state index in [1.165, 1.54) is 18.2 Å². The molecule has 1 N–H and O–H groups in total. The number of carbonyl (C=O) groups is 1. The summed E-state index contributed by atoms with van der Waals surface area (Å²) >= 11 is 0. The van der Waals surface area contributed by atoms with Gasteiger partial charge in [0.15, 0.2) is 6.61 Å². The van der Waals surface area contributed by atoms with Gasteiger partial charge in [0.05, 0.1) is 17.2 Å². The van der Waals surface area contributed by atoms with Crippen molar-refractivity contribution in [2.45, 2.75) is 32.9 Å². The number of anilines is 1. The topological polar surface area (TPSA) is 88.2 Å². The van der Waals surface area contributed by atoms with E-state index >= 15 is 0 Å². The normalized spacial score (nSPS) is 12.3. The summed E-state index contributed by atoms with van der Waals surface area (Å²) in [5.74, 6) is -0.611. The number of aromatic nitrogens is 1. The Hall–Kier alpha value is -3.02. The largest absolute Gasteiger partial charge is 0.483 e. The van der Waals surface area contributed by atoms with Gasteiger partial charge >= 0.3 is 6.18 Å². The number of hydrogen-bond acceptors (Lipinski definition) is 5. The zero-order valence-electron chi connectivity index (χ0n) is 14.3. The zero-order chi connectivity index (χ0) is 19.5. The fourth-order valence-electron chi connectivity index (χ4n) is 2.47. The van der Waals surface area contributed by atoms with Crippen molar-refractivity contribution in [1.82, 2.24) is 5.16 Å². The Morgan fingerprint density at radius 2 is 2.12 bits per heavy atom. The van der Waals surface area contributed by atoms with Gasteiger partial charge in [0.25, 0.3) is 0 Å². The van der Waals surface area contributed by atoms with E-state index in [9.17, 15) is 18.0 Å². The molecule has 1 atom stereocenters. The highest BCUT2D eigenvalue weighted by molar-refractivity contribution is 5.96. The molecule has 138 valence electrons. The molecule has 0 saturated heterocycles. The van der Waals surface area contributed by atoms with Gasteiger partial charge in [0, 0.05) is 11.3 Å². The van der Waals surface area contributed by atoms with Crippen LogP contribution in [0.2, 0.25) is 0 Å². The summed E-state index contributed by atoms with van der Waals surface area (Å²) in [6, 6.07) is 5.58. The first-order chi connectivity index (χ1) is 12.1. The number of carbonyl (C=O) groups excluding carboxylic acids is 1. The minimum atomic E-state index is -4.51. The molecule has 2 aromatic rings. The van der Waals surface area contributed by atoms with Gasteiger partial charge in [-0.05, 0) is 39.0 Å². The molecular weight excluding hydrogens is 351 g/mol. The lowest BCUT2D eigenvalue weighted by Crippen LogP contribution is -2.20. The molecule has 1 amide bonds. The predicted octanol–water partition coefficient (Wildman–Crippen LogP) is 3.85. The number of nitriles is 1. The van der Waals surface area contributed by atoms with Gasteiger partial charge in [0.1, 0.15) is 17.6 Å². The maximum Gasteiger partial charge on any atom is 0.422 e. The van der Waals surface area contributed by atoms with Gasteiger partial charge in [-0.2, -0.15) is 18.4 Å². The molecule has 26 heavy (non-hydrogen) atoms. The first kappa shape index (κ1) is 19.3. The van der Waals surface area contributed by atoms with E-state index in [4.69, 9.17) is 9.78 Å². The second kappa shape index (κ2) is 7.47. The molecule has 0 spiro atoms. The van der Waals surface area contributed by atoms with Crippen LogP contribution in [0, 0.1) is 25.2 Å². The summed E-state index contributed by atoms with van der Waals surface area (Å²) in [5.41, 5.74) is 1.41. The number of halogens is 3. The molecule has 0 radical (unpaired) electrons. The molecule has 1 heterocycles. The van der Waals surface area contributed by atoms with Crippen molar-refractivity contribution in [3.05, 3.63) is 40.8 Å². The van der Waals surface area contributed by atoms with E-state index in [1.54, 1.807) is 26.8 Å². The lowest BCUT2D eigenvalue weighted by molar-refractivity contribution is -0.153.